The average molecular weight is 342 g/mol. The van der Waals surface area contributed by atoms with Gasteiger partial charge in [-0.15, -0.1) is 11.3 Å². The number of carbonyl (C=O) groups excluding carboxylic acids is 1. The molecule has 0 aliphatic heterocycles. The number of rotatable bonds is 6. The van der Waals surface area contributed by atoms with Crippen molar-refractivity contribution in [2.45, 2.75) is 13.3 Å². The Morgan fingerprint density at radius 3 is 2.88 bits per heavy atom. The van der Waals surface area contributed by atoms with Gasteiger partial charge >= 0.3 is 0 Å². The van der Waals surface area contributed by atoms with Crippen LogP contribution in [0.2, 0.25) is 0 Å². The molecule has 0 spiro atoms. The van der Waals surface area contributed by atoms with Crippen LogP contribution in [-0.2, 0) is 6.42 Å². The van der Waals surface area contributed by atoms with E-state index in [1.54, 1.807) is 18.4 Å². The minimum Gasteiger partial charge on any atom is -0.496 e. The molecule has 0 bridgehead atoms. The lowest BCUT2D eigenvalue weighted by Gasteiger charge is -2.08. The van der Waals surface area contributed by atoms with Gasteiger partial charge in [-0.2, -0.15) is 0 Å². The zero-order valence-electron chi connectivity index (χ0n) is 13.5. The van der Waals surface area contributed by atoms with Crippen LogP contribution in [0.3, 0.4) is 0 Å². The molecule has 0 saturated heterocycles. The number of para-hydroxylation sites is 1. The Hall–Kier alpha value is -2.60. The van der Waals surface area contributed by atoms with E-state index in [1.807, 2.05) is 43.3 Å². The van der Waals surface area contributed by atoms with Crippen molar-refractivity contribution in [3.63, 3.8) is 0 Å². The lowest BCUT2D eigenvalue weighted by atomic mass is 10.1. The lowest BCUT2D eigenvalue weighted by Crippen LogP contribution is -2.26. The number of methoxy groups -OCH3 is 1. The SMILES string of the molecule is COc1ccccc1CCNC(=O)c1ncoc1-c1ccc(C)s1. The molecule has 2 aromatic heterocycles. The average Bonchev–Trinajstić information content (AvgIpc) is 3.23. The maximum atomic E-state index is 12.4. The summed E-state index contributed by atoms with van der Waals surface area (Å²) >= 11 is 1.57. The number of oxazole rings is 1. The fourth-order valence-corrected chi connectivity index (χ4v) is 3.30. The molecule has 3 aromatic rings. The van der Waals surface area contributed by atoms with E-state index >= 15 is 0 Å². The maximum absolute atomic E-state index is 12.4. The van der Waals surface area contributed by atoms with Gasteiger partial charge in [-0.25, -0.2) is 4.98 Å². The highest BCUT2D eigenvalue weighted by atomic mass is 32.1. The van der Waals surface area contributed by atoms with Gasteiger partial charge in [0.1, 0.15) is 5.75 Å². The molecule has 0 saturated carbocycles. The molecule has 2 heterocycles. The van der Waals surface area contributed by atoms with Gasteiger partial charge < -0.3 is 14.5 Å². The number of amides is 1. The molecule has 0 aliphatic carbocycles. The fourth-order valence-electron chi connectivity index (χ4n) is 2.44. The summed E-state index contributed by atoms with van der Waals surface area (Å²) in [5, 5.41) is 2.89. The smallest absolute Gasteiger partial charge is 0.273 e. The van der Waals surface area contributed by atoms with E-state index in [1.165, 1.54) is 6.39 Å². The number of carbonyl (C=O) groups is 1. The third-order valence-electron chi connectivity index (χ3n) is 3.62. The van der Waals surface area contributed by atoms with Crippen molar-refractivity contribution >= 4 is 17.2 Å². The van der Waals surface area contributed by atoms with Crippen LogP contribution >= 0.6 is 11.3 Å². The second-order valence-corrected chi connectivity index (χ2v) is 6.55. The van der Waals surface area contributed by atoms with Crippen LogP contribution in [0.4, 0.5) is 0 Å². The molecule has 0 atom stereocenters. The number of hydrogen-bond acceptors (Lipinski definition) is 5. The molecule has 6 heteroatoms. The molecular weight excluding hydrogens is 324 g/mol. The maximum Gasteiger partial charge on any atom is 0.273 e. The second-order valence-electron chi connectivity index (χ2n) is 5.26. The number of hydrogen-bond donors (Lipinski definition) is 1. The zero-order chi connectivity index (χ0) is 16.9. The molecule has 24 heavy (non-hydrogen) atoms. The Morgan fingerprint density at radius 2 is 2.12 bits per heavy atom. The Morgan fingerprint density at radius 1 is 1.29 bits per heavy atom. The van der Waals surface area contributed by atoms with Crippen LogP contribution in [0, 0.1) is 6.92 Å². The monoisotopic (exact) mass is 342 g/mol. The van der Waals surface area contributed by atoms with E-state index in [-0.39, 0.29) is 5.91 Å². The third kappa shape index (κ3) is 3.49. The van der Waals surface area contributed by atoms with Crippen LogP contribution in [0.5, 0.6) is 5.75 Å². The van der Waals surface area contributed by atoms with Gasteiger partial charge in [-0.3, -0.25) is 4.79 Å². The molecule has 1 amide bonds. The largest absolute Gasteiger partial charge is 0.496 e. The van der Waals surface area contributed by atoms with Crippen LogP contribution < -0.4 is 10.1 Å². The Kier molecular flexibility index (Phi) is 4.96. The van der Waals surface area contributed by atoms with Gasteiger partial charge in [0.05, 0.1) is 12.0 Å². The van der Waals surface area contributed by atoms with Gasteiger partial charge in [-0.1, -0.05) is 18.2 Å². The van der Waals surface area contributed by atoms with Crippen molar-refractivity contribution in [3.8, 4) is 16.4 Å². The van der Waals surface area contributed by atoms with Crippen LogP contribution in [0.25, 0.3) is 10.6 Å². The summed E-state index contributed by atoms with van der Waals surface area (Å²) in [6.07, 6.45) is 1.99. The Bertz CT molecular complexity index is 838. The van der Waals surface area contributed by atoms with E-state index in [0.29, 0.717) is 24.4 Å². The molecule has 0 fully saturated rings. The third-order valence-corrected chi connectivity index (χ3v) is 4.62. The van der Waals surface area contributed by atoms with Crippen molar-refractivity contribution in [3.05, 3.63) is 58.9 Å². The number of aromatic nitrogens is 1. The normalized spacial score (nSPS) is 10.6. The number of ether oxygens (including phenoxy) is 1. The molecule has 0 unspecified atom stereocenters. The van der Waals surface area contributed by atoms with E-state index in [2.05, 4.69) is 10.3 Å². The molecule has 5 nitrogen and oxygen atoms in total. The van der Waals surface area contributed by atoms with E-state index in [9.17, 15) is 4.79 Å². The first-order chi connectivity index (χ1) is 11.7. The highest BCUT2D eigenvalue weighted by Crippen LogP contribution is 2.30. The van der Waals surface area contributed by atoms with Crippen molar-refractivity contribution < 1.29 is 13.9 Å². The topological polar surface area (TPSA) is 64.4 Å². The van der Waals surface area contributed by atoms with Crippen molar-refractivity contribution in [2.24, 2.45) is 0 Å². The van der Waals surface area contributed by atoms with Gasteiger partial charge in [-0.05, 0) is 37.1 Å². The summed E-state index contributed by atoms with van der Waals surface area (Å²) in [5.74, 6) is 1.10. The summed E-state index contributed by atoms with van der Waals surface area (Å²) in [5.41, 5.74) is 1.37. The standard InChI is InChI=1S/C18H18N2O3S/c1-12-7-8-15(24-12)17-16(20-11-23-17)18(21)19-10-9-13-5-3-4-6-14(13)22-2/h3-8,11H,9-10H2,1-2H3,(H,19,21). The molecular formula is C18H18N2O3S. The fraction of sp³-hybridized carbons (Fsp3) is 0.222. The lowest BCUT2D eigenvalue weighted by molar-refractivity contribution is 0.0950. The van der Waals surface area contributed by atoms with Crippen molar-refractivity contribution in [1.29, 1.82) is 0 Å². The van der Waals surface area contributed by atoms with Crippen molar-refractivity contribution in [2.75, 3.05) is 13.7 Å². The summed E-state index contributed by atoms with van der Waals surface area (Å²) in [6.45, 7) is 2.51. The quantitative estimate of drug-likeness (QED) is 0.742. The van der Waals surface area contributed by atoms with Crippen molar-refractivity contribution in [1.82, 2.24) is 10.3 Å². The molecule has 124 valence electrons. The number of benzene rings is 1. The summed E-state index contributed by atoms with van der Waals surface area (Å²) in [6, 6.07) is 11.7. The number of aryl methyl sites for hydroxylation is 1. The van der Waals surface area contributed by atoms with Crippen LogP contribution in [0.15, 0.2) is 47.2 Å². The van der Waals surface area contributed by atoms with Gasteiger partial charge in [0.2, 0.25) is 0 Å². The first-order valence-electron chi connectivity index (χ1n) is 7.59. The zero-order valence-corrected chi connectivity index (χ0v) is 14.4. The molecule has 0 aliphatic rings. The molecule has 3 rings (SSSR count). The van der Waals surface area contributed by atoms with Gasteiger partial charge in [0, 0.05) is 11.4 Å². The first kappa shape index (κ1) is 16.3. The number of nitrogens with one attached hydrogen (secondary N) is 1. The van der Waals surface area contributed by atoms with E-state index < -0.39 is 0 Å². The van der Waals surface area contributed by atoms with Gasteiger partial charge in [0.25, 0.3) is 5.91 Å². The Balaban J connectivity index is 1.65. The molecule has 1 N–H and O–H groups in total. The van der Waals surface area contributed by atoms with E-state index in [4.69, 9.17) is 9.15 Å². The molecule has 1 aromatic carbocycles. The Labute approximate surface area is 144 Å². The predicted octanol–water partition coefficient (Wildman–Crippen LogP) is 3.69. The minimum atomic E-state index is -0.236. The first-order valence-corrected chi connectivity index (χ1v) is 8.41. The second kappa shape index (κ2) is 7.31. The highest BCUT2D eigenvalue weighted by molar-refractivity contribution is 7.15. The van der Waals surface area contributed by atoms with Gasteiger partial charge in [0.15, 0.2) is 17.8 Å². The summed E-state index contributed by atoms with van der Waals surface area (Å²) < 4.78 is 10.7. The number of nitrogens with zero attached hydrogens (tertiary/aromatic N) is 1. The van der Waals surface area contributed by atoms with Crippen LogP contribution in [-0.4, -0.2) is 24.5 Å². The minimum absolute atomic E-state index is 0.236. The summed E-state index contributed by atoms with van der Waals surface area (Å²) in [7, 11) is 1.64. The highest BCUT2D eigenvalue weighted by Gasteiger charge is 2.19. The summed E-state index contributed by atoms with van der Waals surface area (Å²) in [4.78, 5) is 18.5. The predicted molar refractivity (Wildman–Crippen MR) is 93.6 cm³/mol. The number of thiophene rings is 1. The van der Waals surface area contributed by atoms with E-state index in [0.717, 1.165) is 21.1 Å². The molecule has 0 radical (unpaired) electrons. The van der Waals surface area contributed by atoms with Crippen LogP contribution in [0.1, 0.15) is 20.9 Å².